The van der Waals surface area contributed by atoms with Crippen LogP contribution < -0.4 is 5.43 Å². The molecule has 1 heterocycles. The zero-order chi connectivity index (χ0) is 23.2. The van der Waals surface area contributed by atoms with Gasteiger partial charge in [0.05, 0.1) is 16.9 Å². The predicted octanol–water partition coefficient (Wildman–Crippen LogP) is 4.13. The number of thioether (sulfide) groups is 1. The molecule has 3 aromatic carbocycles. The van der Waals surface area contributed by atoms with E-state index in [4.69, 9.17) is 0 Å². The summed E-state index contributed by atoms with van der Waals surface area (Å²) < 4.78 is 0. The number of nitro benzene ring substituents is 1. The zero-order valence-corrected chi connectivity index (χ0v) is 18.3. The van der Waals surface area contributed by atoms with Gasteiger partial charge in [-0.3, -0.25) is 19.7 Å². The van der Waals surface area contributed by atoms with Crippen molar-refractivity contribution in [2.75, 3.05) is 5.75 Å². The maximum atomic E-state index is 12.4. The average molecular weight is 461 g/mol. The quantitative estimate of drug-likeness (QED) is 0.324. The van der Waals surface area contributed by atoms with E-state index in [0.29, 0.717) is 23.4 Å². The number of carbonyl (C=O) groups is 2. The van der Waals surface area contributed by atoms with Crippen LogP contribution in [0.2, 0.25) is 0 Å². The minimum atomic E-state index is -0.491. The van der Waals surface area contributed by atoms with Gasteiger partial charge in [0.15, 0.2) is 0 Å². The molecule has 1 atom stereocenters. The molecule has 0 aliphatic carbocycles. The van der Waals surface area contributed by atoms with Crippen molar-refractivity contribution in [3.63, 3.8) is 0 Å². The fraction of sp³-hybridized carbons (Fsp3) is 0.125. The number of non-ortho nitro benzene ring substituents is 1. The number of carbonyl (C=O) groups excluding carboxylic acids is 2. The topological polar surface area (TPSA) is 105 Å². The van der Waals surface area contributed by atoms with E-state index in [2.05, 4.69) is 10.5 Å². The van der Waals surface area contributed by atoms with Gasteiger partial charge in [-0.15, -0.1) is 11.8 Å². The lowest BCUT2D eigenvalue weighted by atomic mass is 10.1. The maximum Gasteiger partial charge on any atom is 0.271 e. The van der Waals surface area contributed by atoms with Crippen molar-refractivity contribution in [1.29, 1.82) is 0 Å². The molecule has 1 aliphatic heterocycles. The third kappa shape index (κ3) is 5.45. The van der Waals surface area contributed by atoms with Gasteiger partial charge in [0.1, 0.15) is 5.37 Å². The highest BCUT2D eigenvalue weighted by atomic mass is 32.2. The molecule has 0 bridgehead atoms. The molecule has 166 valence electrons. The van der Waals surface area contributed by atoms with Crippen LogP contribution in [0.5, 0.6) is 0 Å². The van der Waals surface area contributed by atoms with Gasteiger partial charge >= 0.3 is 0 Å². The van der Waals surface area contributed by atoms with E-state index in [-0.39, 0.29) is 17.0 Å². The Kier molecular flexibility index (Phi) is 6.80. The van der Waals surface area contributed by atoms with Crippen LogP contribution in [0.25, 0.3) is 0 Å². The molecular formula is C24H20N4O4S. The number of nitrogens with zero attached hydrogens (tertiary/aromatic N) is 3. The van der Waals surface area contributed by atoms with Crippen molar-refractivity contribution in [1.82, 2.24) is 10.3 Å². The van der Waals surface area contributed by atoms with Gasteiger partial charge in [-0.25, -0.2) is 5.43 Å². The standard InChI is InChI=1S/C24H20N4O4S/c29-22-16-33-24(27(22)15-17-5-2-1-3-6-17)20-11-9-19(10-12-20)23(30)26-25-14-18-7-4-8-21(13-18)28(31)32/h1-14,24H,15-16H2,(H,26,30)/b25-14-/t24-/m0/s1. The summed E-state index contributed by atoms with van der Waals surface area (Å²) in [7, 11) is 0. The molecule has 1 N–H and O–H groups in total. The minimum absolute atomic E-state index is 0.0505. The number of nitrogens with one attached hydrogen (secondary N) is 1. The predicted molar refractivity (Wildman–Crippen MR) is 127 cm³/mol. The Morgan fingerprint density at radius 3 is 2.61 bits per heavy atom. The van der Waals surface area contributed by atoms with Gasteiger partial charge in [-0.1, -0.05) is 54.6 Å². The van der Waals surface area contributed by atoms with Crippen LogP contribution in [0.15, 0.2) is 84.0 Å². The van der Waals surface area contributed by atoms with E-state index >= 15 is 0 Å². The molecule has 0 radical (unpaired) electrons. The molecule has 3 aromatic rings. The normalized spacial score (nSPS) is 15.7. The second kappa shape index (κ2) is 10.1. The molecule has 0 spiro atoms. The molecule has 4 rings (SSSR count). The number of hydrazone groups is 1. The molecular weight excluding hydrogens is 440 g/mol. The van der Waals surface area contributed by atoms with Gasteiger partial charge in [0.2, 0.25) is 5.91 Å². The summed E-state index contributed by atoms with van der Waals surface area (Å²) in [5.41, 5.74) is 5.30. The zero-order valence-electron chi connectivity index (χ0n) is 17.5. The third-order valence-electron chi connectivity index (χ3n) is 5.08. The van der Waals surface area contributed by atoms with Crippen LogP contribution in [0.3, 0.4) is 0 Å². The van der Waals surface area contributed by atoms with Crippen LogP contribution in [0, 0.1) is 10.1 Å². The Morgan fingerprint density at radius 1 is 1.12 bits per heavy atom. The summed E-state index contributed by atoms with van der Waals surface area (Å²) >= 11 is 1.56. The van der Waals surface area contributed by atoms with E-state index in [1.165, 1.54) is 18.3 Å². The highest BCUT2D eigenvalue weighted by molar-refractivity contribution is 8.00. The molecule has 1 saturated heterocycles. The van der Waals surface area contributed by atoms with E-state index in [0.717, 1.165) is 11.1 Å². The molecule has 1 fully saturated rings. The van der Waals surface area contributed by atoms with Crippen LogP contribution in [0.4, 0.5) is 5.69 Å². The highest BCUT2D eigenvalue weighted by Gasteiger charge is 2.32. The van der Waals surface area contributed by atoms with E-state index < -0.39 is 10.8 Å². The molecule has 0 saturated carbocycles. The fourth-order valence-corrected chi connectivity index (χ4v) is 4.62. The van der Waals surface area contributed by atoms with E-state index in [1.807, 2.05) is 47.4 Å². The number of rotatable bonds is 7. The van der Waals surface area contributed by atoms with Crippen molar-refractivity contribution >= 4 is 35.5 Å². The fourth-order valence-electron chi connectivity index (χ4n) is 3.43. The largest absolute Gasteiger partial charge is 0.322 e. The van der Waals surface area contributed by atoms with Gasteiger partial charge in [0.25, 0.3) is 11.6 Å². The van der Waals surface area contributed by atoms with Gasteiger partial charge in [-0.2, -0.15) is 5.10 Å². The second-order valence-corrected chi connectivity index (χ2v) is 8.41. The molecule has 33 heavy (non-hydrogen) atoms. The summed E-state index contributed by atoms with van der Waals surface area (Å²) in [5, 5.41) is 14.6. The summed E-state index contributed by atoms with van der Waals surface area (Å²) in [5.74, 6) is 0.109. The van der Waals surface area contributed by atoms with Gasteiger partial charge in [0, 0.05) is 29.8 Å². The highest BCUT2D eigenvalue weighted by Crippen LogP contribution is 2.39. The van der Waals surface area contributed by atoms with Crippen molar-refractivity contribution in [2.24, 2.45) is 5.10 Å². The van der Waals surface area contributed by atoms with Gasteiger partial charge in [-0.05, 0) is 23.3 Å². The van der Waals surface area contributed by atoms with E-state index in [9.17, 15) is 19.7 Å². The van der Waals surface area contributed by atoms with Crippen molar-refractivity contribution in [3.8, 4) is 0 Å². The average Bonchev–Trinajstić information content (AvgIpc) is 3.20. The van der Waals surface area contributed by atoms with Crippen molar-refractivity contribution < 1.29 is 14.5 Å². The first kappa shape index (κ1) is 22.2. The number of amides is 2. The smallest absolute Gasteiger partial charge is 0.271 e. The molecule has 9 heteroatoms. The van der Waals surface area contributed by atoms with Crippen molar-refractivity contribution in [3.05, 3.63) is 111 Å². The first-order valence-corrected chi connectivity index (χ1v) is 11.2. The third-order valence-corrected chi connectivity index (χ3v) is 6.34. The molecule has 1 aliphatic rings. The SMILES string of the molecule is O=C(N/N=C\c1cccc([N+](=O)[O-])c1)c1ccc([C@@H]2SCC(=O)N2Cc2ccccc2)cc1. The monoisotopic (exact) mass is 460 g/mol. The van der Waals surface area contributed by atoms with Crippen LogP contribution in [-0.4, -0.2) is 33.6 Å². The first-order chi connectivity index (χ1) is 16.0. The van der Waals surface area contributed by atoms with Gasteiger partial charge < -0.3 is 4.90 Å². The molecule has 0 aromatic heterocycles. The maximum absolute atomic E-state index is 12.4. The van der Waals surface area contributed by atoms with Crippen LogP contribution in [-0.2, 0) is 11.3 Å². The summed E-state index contributed by atoms with van der Waals surface area (Å²) in [6.45, 7) is 0.534. The summed E-state index contributed by atoms with van der Waals surface area (Å²) in [6.07, 6.45) is 1.35. The number of hydrogen-bond acceptors (Lipinski definition) is 6. The van der Waals surface area contributed by atoms with Crippen molar-refractivity contribution in [2.45, 2.75) is 11.9 Å². The lowest BCUT2D eigenvalue weighted by molar-refractivity contribution is -0.384. The van der Waals surface area contributed by atoms with Crippen LogP contribution >= 0.6 is 11.8 Å². The number of benzene rings is 3. The number of hydrogen-bond donors (Lipinski definition) is 1. The summed E-state index contributed by atoms with van der Waals surface area (Å²) in [6, 6.07) is 22.9. The lowest BCUT2D eigenvalue weighted by Crippen LogP contribution is -2.27. The Hall–Kier alpha value is -3.98. The second-order valence-electron chi connectivity index (χ2n) is 7.34. The van der Waals surface area contributed by atoms with E-state index in [1.54, 1.807) is 36.0 Å². The minimum Gasteiger partial charge on any atom is -0.322 e. The molecule has 2 amide bonds. The first-order valence-electron chi connectivity index (χ1n) is 10.1. The molecule has 0 unspecified atom stereocenters. The lowest BCUT2D eigenvalue weighted by Gasteiger charge is -2.24. The van der Waals surface area contributed by atoms with Crippen LogP contribution in [0.1, 0.15) is 32.4 Å². The molecule has 8 nitrogen and oxygen atoms in total. The Morgan fingerprint density at radius 2 is 1.88 bits per heavy atom. The summed E-state index contributed by atoms with van der Waals surface area (Å²) in [4.78, 5) is 37.0. The number of nitro groups is 1. The Bertz CT molecular complexity index is 1200. The Labute approximate surface area is 194 Å². The Balaban J connectivity index is 1.40.